The van der Waals surface area contributed by atoms with Crippen LogP contribution in [-0.2, 0) is 5.54 Å². The zero-order chi connectivity index (χ0) is 13.8. The number of methoxy groups -OCH3 is 1. The van der Waals surface area contributed by atoms with Crippen LogP contribution in [0.5, 0.6) is 5.75 Å². The lowest BCUT2D eigenvalue weighted by Gasteiger charge is -2.39. The Bertz CT molecular complexity index is 379. The van der Waals surface area contributed by atoms with Gasteiger partial charge in [0.25, 0.3) is 0 Å². The summed E-state index contributed by atoms with van der Waals surface area (Å²) in [6.07, 6.45) is 2.02. The maximum Gasteiger partial charge on any atom is 0.119 e. The van der Waals surface area contributed by atoms with Gasteiger partial charge in [0.1, 0.15) is 5.75 Å². The SMILES string of the molecule is CCCC(N)(c1cccc(OC)c1)C(C)N(C)C. The molecule has 0 saturated carbocycles. The summed E-state index contributed by atoms with van der Waals surface area (Å²) in [7, 11) is 5.83. The van der Waals surface area contributed by atoms with Gasteiger partial charge < -0.3 is 15.4 Å². The summed E-state index contributed by atoms with van der Waals surface area (Å²) in [4.78, 5) is 2.18. The van der Waals surface area contributed by atoms with E-state index in [4.69, 9.17) is 10.5 Å². The van der Waals surface area contributed by atoms with Gasteiger partial charge in [-0.1, -0.05) is 25.5 Å². The molecule has 0 bridgehead atoms. The van der Waals surface area contributed by atoms with Crippen LogP contribution < -0.4 is 10.5 Å². The molecule has 0 heterocycles. The first-order chi connectivity index (χ1) is 8.45. The van der Waals surface area contributed by atoms with Crippen LogP contribution >= 0.6 is 0 Å². The van der Waals surface area contributed by atoms with Crippen molar-refractivity contribution in [3.05, 3.63) is 29.8 Å². The molecule has 3 nitrogen and oxygen atoms in total. The molecule has 2 unspecified atom stereocenters. The minimum atomic E-state index is -0.340. The largest absolute Gasteiger partial charge is 0.497 e. The molecular formula is C15H26N2O. The van der Waals surface area contributed by atoms with Crippen molar-refractivity contribution in [1.82, 2.24) is 4.90 Å². The van der Waals surface area contributed by atoms with Crippen LogP contribution in [0.1, 0.15) is 32.3 Å². The fourth-order valence-corrected chi connectivity index (χ4v) is 2.38. The molecule has 0 aliphatic carbocycles. The van der Waals surface area contributed by atoms with Crippen molar-refractivity contribution in [3.63, 3.8) is 0 Å². The molecule has 0 radical (unpaired) electrons. The Kier molecular flexibility index (Phi) is 5.17. The Morgan fingerprint density at radius 2 is 2.06 bits per heavy atom. The monoisotopic (exact) mass is 250 g/mol. The van der Waals surface area contributed by atoms with Gasteiger partial charge >= 0.3 is 0 Å². The van der Waals surface area contributed by atoms with Crippen molar-refractivity contribution in [2.24, 2.45) is 5.73 Å². The Labute approximate surface area is 111 Å². The predicted molar refractivity (Wildman–Crippen MR) is 76.9 cm³/mol. The first-order valence-electron chi connectivity index (χ1n) is 6.55. The van der Waals surface area contributed by atoms with Gasteiger partial charge in [0.2, 0.25) is 0 Å². The molecule has 0 saturated heterocycles. The molecule has 0 fully saturated rings. The number of rotatable bonds is 6. The summed E-state index contributed by atoms with van der Waals surface area (Å²) in [5.74, 6) is 0.865. The molecule has 0 aromatic heterocycles. The lowest BCUT2D eigenvalue weighted by atomic mass is 9.80. The van der Waals surface area contributed by atoms with E-state index >= 15 is 0 Å². The highest BCUT2D eigenvalue weighted by atomic mass is 16.5. The van der Waals surface area contributed by atoms with Crippen LogP contribution in [-0.4, -0.2) is 32.1 Å². The van der Waals surface area contributed by atoms with Crippen LogP contribution in [0.15, 0.2) is 24.3 Å². The summed E-state index contributed by atoms with van der Waals surface area (Å²) in [5.41, 5.74) is 7.50. The van der Waals surface area contributed by atoms with E-state index in [-0.39, 0.29) is 11.6 Å². The zero-order valence-electron chi connectivity index (χ0n) is 12.2. The predicted octanol–water partition coefficient (Wildman–Crippen LogP) is 2.60. The minimum Gasteiger partial charge on any atom is -0.497 e. The van der Waals surface area contributed by atoms with E-state index in [1.807, 2.05) is 12.1 Å². The van der Waals surface area contributed by atoms with E-state index in [2.05, 4.69) is 45.0 Å². The minimum absolute atomic E-state index is 0.268. The van der Waals surface area contributed by atoms with Gasteiger partial charge in [-0.25, -0.2) is 0 Å². The molecule has 1 rings (SSSR count). The fourth-order valence-electron chi connectivity index (χ4n) is 2.38. The third-order valence-corrected chi connectivity index (χ3v) is 3.79. The molecule has 3 heteroatoms. The molecule has 0 aliphatic heterocycles. The Morgan fingerprint density at radius 1 is 1.39 bits per heavy atom. The van der Waals surface area contributed by atoms with Crippen LogP contribution in [0.4, 0.5) is 0 Å². The highest BCUT2D eigenvalue weighted by molar-refractivity contribution is 5.34. The summed E-state index contributed by atoms with van der Waals surface area (Å²) in [6.45, 7) is 4.35. The van der Waals surface area contributed by atoms with Crippen molar-refractivity contribution < 1.29 is 4.74 Å². The molecule has 2 N–H and O–H groups in total. The summed E-state index contributed by atoms with van der Waals surface area (Å²) in [6, 6.07) is 8.38. The molecular weight excluding hydrogens is 224 g/mol. The Morgan fingerprint density at radius 3 is 2.56 bits per heavy atom. The maximum absolute atomic E-state index is 6.70. The van der Waals surface area contributed by atoms with Crippen molar-refractivity contribution in [2.45, 2.75) is 38.3 Å². The summed E-state index contributed by atoms with van der Waals surface area (Å²) >= 11 is 0. The van der Waals surface area contributed by atoms with E-state index in [0.717, 1.165) is 24.2 Å². The molecule has 0 amide bonds. The summed E-state index contributed by atoms with van der Waals surface area (Å²) < 4.78 is 5.30. The van der Waals surface area contributed by atoms with Gasteiger partial charge in [0.05, 0.1) is 12.6 Å². The maximum atomic E-state index is 6.70. The molecule has 2 atom stereocenters. The van der Waals surface area contributed by atoms with E-state index < -0.39 is 0 Å². The van der Waals surface area contributed by atoms with Gasteiger partial charge in [-0.2, -0.15) is 0 Å². The van der Waals surface area contributed by atoms with Crippen LogP contribution in [0, 0.1) is 0 Å². The van der Waals surface area contributed by atoms with Gasteiger partial charge in [-0.3, -0.25) is 0 Å². The van der Waals surface area contributed by atoms with E-state index in [9.17, 15) is 0 Å². The Hall–Kier alpha value is -1.06. The Balaban J connectivity index is 3.17. The average Bonchev–Trinajstić information content (AvgIpc) is 2.38. The number of benzene rings is 1. The number of nitrogens with zero attached hydrogens (tertiary/aromatic N) is 1. The van der Waals surface area contributed by atoms with Gasteiger partial charge in [0.15, 0.2) is 0 Å². The average molecular weight is 250 g/mol. The van der Waals surface area contributed by atoms with Crippen LogP contribution in [0.2, 0.25) is 0 Å². The summed E-state index contributed by atoms with van der Waals surface area (Å²) in [5, 5.41) is 0. The third-order valence-electron chi connectivity index (χ3n) is 3.79. The highest BCUT2D eigenvalue weighted by Gasteiger charge is 2.34. The first-order valence-corrected chi connectivity index (χ1v) is 6.55. The van der Waals surface area contributed by atoms with Gasteiger partial charge in [-0.15, -0.1) is 0 Å². The van der Waals surface area contributed by atoms with E-state index in [0.29, 0.717) is 0 Å². The lowest BCUT2D eigenvalue weighted by molar-refractivity contribution is 0.180. The highest BCUT2D eigenvalue weighted by Crippen LogP contribution is 2.31. The quantitative estimate of drug-likeness (QED) is 0.843. The van der Waals surface area contributed by atoms with Gasteiger partial charge in [0, 0.05) is 6.04 Å². The van der Waals surface area contributed by atoms with Crippen molar-refractivity contribution in [1.29, 1.82) is 0 Å². The van der Waals surface area contributed by atoms with Crippen molar-refractivity contribution in [3.8, 4) is 5.75 Å². The molecule has 0 spiro atoms. The fraction of sp³-hybridized carbons (Fsp3) is 0.600. The van der Waals surface area contributed by atoms with Crippen molar-refractivity contribution >= 4 is 0 Å². The second-order valence-electron chi connectivity index (χ2n) is 5.16. The number of likely N-dealkylation sites (N-methyl/N-ethyl adjacent to an activating group) is 1. The zero-order valence-corrected chi connectivity index (χ0v) is 12.2. The molecule has 1 aromatic rings. The molecule has 1 aromatic carbocycles. The van der Waals surface area contributed by atoms with Crippen LogP contribution in [0.3, 0.4) is 0 Å². The van der Waals surface area contributed by atoms with Gasteiger partial charge in [-0.05, 0) is 45.1 Å². The standard InChI is InChI=1S/C15H26N2O/c1-6-10-15(16,12(2)17(3)4)13-8-7-9-14(11-13)18-5/h7-9,11-12H,6,10,16H2,1-5H3. The first kappa shape index (κ1) is 15.0. The number of hydrogen-bond acceptors (Lipinski definition) is 3. The molecule has 102 valence electrons. The molecule has 18 heavy (non-hydrogen) atoms. The lowest BCUT2D eigenvalue weighted by Crippen LogP contribution is -2.52. The number of ether oxygens (including phenoxy) is 1. The second kappa shape index (κ2) is 6.21. The smallest absolute Gasteiger partial charge is 0.119 e. The third kappa shape index (κ3) is 3.03. The van der Waals surface area contributed by atoms with Crippen molar-refractivity contribution in [2.75, 3.05) is 21.2 Å². The topological polar surface area (TPSA) is 38.5 Å². The number of nitrogens with two attached hydrogens (primary N) is 1. The normalized spacial score (nSPS) is 16.4. The van der Waals surface area contributed by atoms with Crippen LogP contribution in [0.25, 0.3) is 0 Å². The van der Waals surface area contributed by atoms with E-state index in [1.165, 1.54) is 0 Å². The second-order valence-corrected chi connectivity index (χ2v) is 5.16. The number of hydrogen-bond donors (Lipinski definition) is 1. The molecule has 0 aliphatic rings. The van der Waals surface area contributed by atoms with E-state index in [1.54, 1.807) is 7.11 Å².